The molecule has 0 rings (SSSR count). The van der Waals surface area contributed by atoms with Crippen molar-refractivity contribution in [3.05, 3.63) is 0 Å². The SMILES string of the molecule is CN(C)CCN(C)CCN(C)CCN(C)CCO. The summed E-state index contributed by atoms with van der Waals surface area (Å²) in [4.78, 5) is 9.09. The highest BCUT2D eigenvalue weighted by atomic mass is 16.3. The smallest absolute Gasteiger partial charge is 0.0558 e. The van der Waals surface area contributed by atoms with Gasteiger partial charge in [0.15, 0.2) is 0 Å². The molecule has 0 aliphatic carbocycles. The molecule has 0 heterocycles. The third-order valence-corrected chi connectivity index (χ3v) is 3.14. The van der Waals surface area contributed by atoms with Crippen molar-refractivity contribution in [1.29, 1.82) is 0 Å². The Balaban J connectivity index is 3.54. The topological polar surface area (TPSA) is 33.2 Å². The van der Waals surface area contributed by atoms with Gasteiger partial charge in [-0.1, -0.05) is 0 Å². The average Bonchev–Trinajstić information content (AvgIpc) is 2.31. The van der Waals surface area contributed by atoms with Crippen molar-refractivity contribution in [2.45, 2.75) is 0 Å². The van der Waals surface area contributed by atoms with Crippen molar-refractivity contribution in [2.75, 3.05) is 87.7 Å². The van der Waals surface area contributed by atoms with Crippen LogP contribution in [0, 0.1) is 0 Å². The summed E-state index contributed by atoms with van der Waals surface area (Å²) in [6, 6.07) is 0. The van der Waals surface area contributed by atoms with Crippen LogP contribution >= 0.6 is 0 Å². The van der Waals surface area contributed by atoms with Crippen molar-refractivity contribution in [1.82, 2.24) is 19.6 Å². The van der Waals surface area contributed by atoms with Crippen LogP contribution in [0.1, 0.15) is 0 Å². The zero-order chi connectivity index (χ0) is 14.0. The van der Waals surface area contributed by atoms with Crippen molar-refractivity contribution in [3.8, 4) is 0 Å². The van der Waals surface area contributed by atoms with Gasteiger partial charge in [0.1, 0.15) is 0 Å². The molecule has 0 spiro atoms. The zero-order valence-corrected chi connectivity index (χ0v) is 12.9. The van der Waals surface area contributed by atoms with Crippen LogP contribution in [0.25, 0.3) is 0 Å². The van der Waals surface area contributed by atoms with Gasteiger partial charge < -0.3 is 24.7 Å². The third-order valence-electron chi connectivity index (χ3n) is 3.14. The van der Waals surface area contributed by atoms with Gasteiger partial charge in [0, 0.05) is 45.8 Å². The summed E-state index contributed by atoms with van der Waals surface area (Å²) in [5.41, 5.74) is 0. The molecule has 0 radical (unpaired) electrons. The van der Waals surface area contributed by atoms with E-state index < -0.39 is 0 Å². The summed E-state index contributed by atoms with van der Waals surface area (Å²) in [6.07, 6.45) is 0. The Kier molecular flexibility index (Phi) is 10.6. The molecule has 0 aromatic carbocycles. The van der Waals surface area contributed by atoms with Crippen molar-refractivity contribution in [2.24, 2.45) is 0 Å². The Hall–Kier alpha value is -0.200. The first-order chi connectivity index (χ1) is 8.45. The Morgan fingerprint density at radius 3 is 1.22 bits per heavy atom. The number of aliphatic hydroxyl groups excluding tert-OH is 1. The van der Waals surface area contributed by atoms with E-state index in [2.05, 4.69) is 47.8 Å². The largest absolute Gasteiger partial charge is 0.395 e. The monoisotopic (exact) mass is 260 g/mol. The molecule has 0 unspecified atom stereocenters. The van der Waals surface area contributed by atoms with Crippen molar-refractivity contribution < 1.29 is 5.11 Å². The summed E-state index contributed by atoms with van der Waals surface area (Å²) in [5.74, 6) is 0. The van der Waals surface area contributed by atoms with Gasteiger partial charge in [-0.15, -0.1) is 0 Å². The predicted octanol–water partition coefficient (Wildman–Crippen LogP) is -0.664. The fourth-order valence-corrected chi connectivity index (χ4v) is 1.56. The lowest BCUT2D eigenvalue weighted by atomic mass is 10.4. The number of likely N-dealkylation sites (N-methyl/N-ethyl adjacent to an activating group) is 4. The van der Waals surface area contributed by atoms with Crippen LogP contribution in [0.5, 0.6) is 0 Å². The van der Waals surface area contributed by atoms with Gasteiger partial charge >= 0.3 is 0 Å². The van der Waals surface area contributed by atoms with Gasteiger partial charge in [-0.3, -0.25) is 0 Å². The standard InChI is InChI=1S/C13H32N4O/c1-14(2)6-7-15(3)8-9-16(4)10-11-17(5)12-13-18/h18H,6-13H2,1-5H3. The van der Waals surface area contributed by atoms with Crippen LogP contribution in [0.15, 0.2) is 0 Å². The van der Waals surface area contributed by atoms with Gasteiger partial charge in [0.2, 0.25) is 0 Å². The molecule has 5 nitrogen and oxygen atoms in total. The van der Waals surface area contributed by atoms with Crippen LogP contribution < -0.4 is 0 Å². The summed E-state index contributed by atoms with van der Waals surface area (Å²) in [5, 5.41) is 8.82. The summed E-state index contributed by atoms with van der Waals surface area (Å²) in [7, 11) is 10.6. The minimum atomic E-state index is 0.244. The van der Waals surface area contributed by atoms with E-state index in [1.807, 2.05) is 7.05 Å². The molecule has 0 aromatic heterocycles. The molecule has 0 atom stereocenters. The number of hydrogen-bond acceptors (Lipinski definition) is 5. The number of aliphatic hydroxyl groups is 1. The molecule has 0 saturated carbocycles. The lowest BCUT2D eigenvalue weighted by Gasteiger charge is -2.24. The van der Waals surface area contributed by atoms with E-state index in [0.29, 0.717) is 0 Å². The minimum absolute atomic E-state index is 0.244. The lowest BCUT2D eigenvalue weighted by molar-refractivity contribution is 0.191. The second-order valence-corrected chi connectivity index (χ2v) is 5.44. The molecule has 0 bridgehead atoms. The van der Waals surface area contributed by atoms with Crippen LogP contribution in [-0.4, -0.2) is 112 Å². The normalized spacial score (nSPS) is 12.3. The van der Waals surface area contributed by atoms with E-state index >= 15 is 0 Å². The summed E-state index contributed by atoms with van der Waals surface area (Å²) in [6.45, 7) is 7.50. The van der Waals surface area contributed by atoms with Gasteiger partial charge in [-0.05, 0) is 35.2 Å². The van der Waals surface area contributed by atoms with E-state index in [4.69, 9.17) is 5.11 Å². The van der Waals surface area contributed by atoms with Gasteiger partial charge in [-0.25, -0.2) is 0 Å². The molecular weight excluding hydrogens is 228 g/mol. The molecule has 110 valence electrons. The van der Waals surface area contributed by atoms with Gasteiger partial charge in [-0.2, -0.15) is 0 Å². The van der Waals surface area contributed by atoms with Crippen LogP contribution in [0.3, 0.4) is 0 Å². The van der Waals surface area contributed by atoms with Crippen LogP contribution in [0.4, 0.5) is 0 Å². The maximum atomic E-state index is 8.82. The number of hydrogen-bond donors (Lipinski definition) is 1. The van der Waals surface area contributed by atoms with E-state index in [9.17, 15) is 0 Å². The maximum absolute atomic E-state index is 8.82. The van der Waals surface area contributed by atoms with Gasteiger partial charge in [0.25, 0.3) is 0 Å². The molecule has 1 N–H and O–H groups in total. The first-order valence-corrected chi connectivity index (χ1v) is 6.77. The molecule has 0 aliphatic rings. The highest BCUT2D eigenvalue weighted by Gasteiger charge is 2.04. The molecule has 0 amide bonds. The second-order valence-electron chi connectivity index (χ2n) is 5.44. The Morgan fingerprint density at radius 2 is 0.889 bits per heavy atom. The van der Waals surface area contributed by atoms with E-state index in [1.165, 1.54) is 0 Å². The quantitative estimate of drug-likeness (QED) is 0.533. The lowest BCUT2D eigenvalue weighted by Crippen LogP contribution is -2.38. The average molecular weight is 260 g/mol. The Bertz CT molecular complexity index is 190. The summed E-state index contributed by atoms with van der Waals surface area (Å²) < 4.78 is 0. The molecule has 0 aliphatic heterocycles. The molecule has 0 fully saturated rings. The highest BCUT2D eigenvalue weighted by Crippen LogP contribution is 1.89. The Labute approximate surface area is 113 Å². The Morgan fingerprint density at radius 1 is 0.556 bits per heavy atom. The first-order valence-electron chi connectivity index (χ1n) is 6.77. The summed E-state index contributed by atoms with van der Waals surface area (Å²) >= 11 is 0. The molecule has 0 saturated heterocycles. The van der Waals surface area contributed by atoms with E-state index in [-0.39, 0.29) is 6.61 Å². The van der Waals surface area contributed by atoms with Crippen LogP contribution in [0.2, 0.25) is 0 Å². The third kappa shape index (κ3) is 10.9. The van der Waals surface area contributed by atoms with E-state index in [1.54, 1.807) is 0 Å². The fourth-order valence-electron chi connectivity index (χ4n) is 1.56. The number of rotatable bonds is 11. The molecular formula is C13H32N4O. The van der Waals surface area contributed by atoms with E-state index in [0.717, 1.165) is 45.8 Å². The van der Waals surface area contributed by atoms with Gasteiger partial charge in [0.05, 0.1) is 6.61 Å². The molecule has 5 heteroatoms. The second kappa shape index (κ2) is 10.7. The fraction of sp³-hybridized carbons (Fsp3) is 1.00. The zero-order valence-electron chi connectivity index (χ0n) is 12.9. The van der Waals surface area contributed by atoms with Crippen LogP contribution in [-0.2, 0) is 0 Å². The van der Waals surface area contributed by atoms with Crippen molar-refractivity contribution in [3.63, 3.8) is 0 Å². The highest BCUT2D eigenvalue weighted by molar-refractivity contribution is 4.60. The molecule has 18 heavy (non-hydrogen) atoms. The molecule has 0 aromatic rings. The van der Waals surface area contributed by atoms with Crippen molar-refractivity contribution >= 4 is 0 Å². The minimum Gasteiger partial charge on any atom is -0.395 e. The first kappa shape index (κ1) is 17.8. The number of nitrogens with zero attached hydrogens (tertiary/aromatic N) is 4. The predicted molar refractivity (Wildman–Crippen MR) is 78.1 cm³/mol. The maximum Gasteiger partial charge on any atom is 0.0558 e.